The van der Waals surface area contributed by atoms with Crippen molar-refractivity contribution in [2.75, 3.05) is 6.54 Å². The number of aromatic nitrogens is 1. The summed E-state index contributed by atoms with van der Waals surface area (Å²) in [7, 11) is 0. The van der Waals surface area contributed by atoms with Crippen molar-refractivity contribution in [2.24, 2.45) is 0 Å². The topological polar surface area (TPSA) is 33.2 Å². The molecule has 1 amide bonds. The number of hydrogen-bond donors (Lipinski definition) is 0. The van der Waals surface area contributed by atoms with Crippen molar-refractivity contribution in [2.45, 2.75) is 18.6 Å². The number of alkyl halides is 3. The zero-order valence-electron chi connectivity index (χ0n) is 15.6. The molecule has 1 atom stereocenters. The van der Waals surface area contributed by atoms with E-state index < -0.39 is 11.7 Å². The molecule has 0 unspecified atom stereocenters. The summed E-state index contributed by atoms with van der Waals surface area (Å²) >= 11 is 7.66. The highest BCUT2D eigenvalue weighted by molar-refractivity contribution is 7.16. The first kappa shape index (κ1) is 20.6. The molecule has 2 aromatic heterocycles. The van der Waals surface area contributed by atoms with E-state index in [1.54, 1.807) is 17.0 Å². The minimum absolute atomic E-state index is 0.201. The molecule has 1 aliphatic heterocycles. The van der Waals surface area contributed by atoms with Gasteiger partial charge in [0.1, 0.15) is 0 Å². The van der Waals surface area contributed by atoms with Crippen LogP contribution in [0.15, 0.2) is 61.4 Å². The molecule has 1 aromatic carbocycles. The second-order valence-corrected chi connectivity index (χ2v) is 8.72. The van der Waals surface area contributed by atoms with Crippen LogP contribution in [0.3, 0.4) is 0 Å². The molecule has 0 radical (unpaired) electrons. The second-order valence-electron chi connectivity index (χ2n) is 6.95. The zero-order valence-corrected chi connectivity index (χ0v) is 17.2. The number of benzene rings is 1. The lowest BCUT2D eigenvalue weighted by Crippen LogP contribution is -2.37. The van der Waals surface area contributed by atoms with E-state index in [1.165, 1.54) is 23.6 Å². The summed E-state index contributed by atoms with van der Waals surface area (Å²) in [4.78, 5) is 18.8. The minimum Gasteiger partial charge on any atom is -0.333 e. The predicted molar refractivity (Wildman–Crippen MR) is 111 cm³/mol. The average molecular weight is 449 g/mol. The highest BCUT2D eigenvalue weighted by Gasteiger charge is 2.33. The Hall–Kier alpha value is -2.64. The number of carbonyl (C=O) groups excluding carboxylic acids is 1. The van der Waals surface area contributed by atoms with Gasteiger partial charge < -0.3 is 4.90 Å². The number of amides is 1. The van der Waals surface area contributed by atoms with Crippen LogP contribution in [0, 0.1) is 0 Å². The summed E-state index contributed by atoms with van der Waals surface area (Å²) in [5.41, 5.74) is 2.01. The van der Waals surface area contributed by atoms with Gasteiger partial charge in [-0.15, -0.1) is 11.3 Å². The number of pyridine rings is 1. The fourth-order valence-electron chi connectivity index (χ4n) is 3.75. The van der Waals surface area contributed by atoms with Crippen LogP contribution in [0.4, 0.5) is 13.2 Å². The molecule has 0 aliphatic carbocycles. The first-order valence-electron chi connectivity index (χ1n) is 9.09. The molecule has 8 heteroatoms. The van der Waals surface area contributed by atoms with Crippen molar-refractivity contribution in [3.05, 3.63) is 87.4 Å². The van der Waals surface area contributed by atoms with Crippen LogP contribution in [-0.4, -0.2) is 22.3 Å². The Morgan fingerprint density at radius 3 is 2.73 bits per heavy atom. The predicted octanol–water partition coefficient (Wildman–Crippen LogP) is 6.14. The smallest absolute Gasteiger partial charge is 0.333 e. The summed E-state index contributed by atoms with van der Waals surface area (Å²) in [6.07, 6.45) is -0.983. The van der Waals surface area contributed by atoms with Crippen molar-refractivity contribution in [3.63, 3.8) is 0 Å². The maximum Gasteiger partial charge on any atom is 0.417 e. The molecule has 1 aliphatic rings. The molecule has 4 rings (SSSR count). The van der Waals surface area contributed by atoms with Gasteiger partial charge in [-0.3, -0.25) is 9.78 Å². The molecule has 3 nitrogen and oxygen atoms in total. The number of rotatable bonds is 3. The van der Waals surface area contributed by atoms with Crippen molar-refractivity contribution in [1.82, 2.24) is 9.88 Å². The molecule has 0 bridgehead atoms. The highest BCUT2D eigenvalue weighted by atomic mass is 35.5. The lowest BCUT2D eigenvalue weighted by Gasteiger charge is -2.33. The number of hydrogen-bond acceptors (Lipinski definition) is 3. The van der Waals surface area contributed by atoms with E-state index in [2.05, 4.69) is 11.6 Å². The largest absolute Gasteiger partial charge is 0.417 e. The lowest BCUT2D eigenvalue weighted by atomic mass is 9.84. The Morgan fingerprint density at radius 2 is 2.00 bits per heavy atom. The fourth-order valence-corrected chi connectivity index (χ4v) is 5.11. The number of fused-ring (bicyclic) bond motifs is 1. The van der Waals surface area contributed by atoms with E-state index in [0.717, 1.165) is 28.3 Å². The van der Waals surface area contributed by atoms with Crippen LogP contribution < -0.4 is 0 Å². The van der Waals surface area contributed by atoms with Crippen molar-refractivity contribution in [3.8, 4) is 11.1 Å². The van der Waals surface area contributed by atoms with E-state index in [9.17, 15) is 18.0 Å². The van der Waals surface area contributed by atoms with Crippen molar-refractivity contribution < 1.29 is 18.0 Å². The van der Waals surface area contributed by atoms with Gasteiger partial charge in [0.15, 0.2) is 0 Å². The van der Waals surface area contributed by atoms with Gasteiger partial charge in [0.2, 0.25) is 5.91 Å². The van der Waals surface area contributed by atoms with Crippen LogP contribution >= 0.6 is 22.9 Å². The first-order valence-corrected chi connectivity index (χ1v) is 10.3. The van der Waals surface area contributed by atoms with Gasteiger partial charge >= 0.3 is 6.18 Å². The van der Waals surface area contributed by atoms with Crippen LogP contribution in [0.2, 0.25) is 4.34 Å². The standard InChI is InChI=1S/C22H16ClF3N2OS/c1-2-21(29)28-11-18(17-8-20(23)30-19(17)12-28)16-6-4-3-5-15(16)13-7-14(10-27-9-13)22(24,25)26/h2-10,18H,1,11-12H2/t18-/m1/s1. The quantitative estimate of drug-likeness (QED) is 0.451. The Morgan fingerprint density at radius 1 is 1.23 bits per heavy atom. The molecule has 0 saturated carbocycles. The van der Waals surface area contributed by atoms with Crippen molar-refractivity contribution >= 4 is 28.8 Å². The van der Waals surface area contributed by atoms with Crippen LogP contribution in [0.25, 0.3) is 11.1 Å². The number of thiophene rings is 1. The molecule has 0 N–H and O–H groups in total. The van der Waals surface area contributed by atoms with Gasteiger partial charge in [0, 0.05) is 35.3 Å². The maximum absolute atomic E-state index is 13.2. The summed E-state index contributed by atoms with van der Waals surface area (Å²) in [6, 6.07) is 10.2. The number of nitrogens with zero attached hydrogens (tertiary/aromatic N) is 2. The molecule has 154 valence electrons. The van der Waals surface area contributed by atoms with Crippen molar-refractivity contribution in [1.29, 1.82) is 0 Å². The molecular formula is C22H16ClF3N2OS. The maximum atomic E-state index is 13.2. The third-order valence-corrected chi connectivity index (χ3v) is 6.39. The highest BCUT2D eigenvalue weighted by Crippen LogP contribution is 2.43. The van der Waals surface area contributed by atoms with Gasteiger partial charge in [-0.05, 0) is 34.9 Å². The fraction of sp³-hybridized carbons (Fsp3) is 0.182. The van der Waals surface area contributed by atoms with Crippen LogP contribution in [0.5, 0.6) is 0 Å². The zero-order chi connectivity index (χ0) is 21.5. The molecule has 3 heterocycles. The van der Waals surface area contributed by atoms with Crippen LogP contribution in [-0.2, 0) is 17.5 Å². The van der Waals surface area contributed by atoms with E-state index in [0.29, 0.717) is 28.6 Å². The number of carbonyl (C=O) groups is 1. The van der Waals surface area contributed by atoms with Gasteiger partial charge in [-0.1, -0.05) is 42.4 Å². The third kappa shape index (κ3) is 3.87. The normalized spacial score (nSPS) is 16.3. The Labute approximate surface area is 180 Å². The van der Waals surface area contributed by atoms with Gasteiger partial charge in [-0.25, -0.2) is 0 Å². The minimum atomic E-state index is -4.48. The monoisotopic (exact) mass is 448 g/mol. The average Bonchev–Trinajstić information content (AvgIpc) is 3.12. The Bertz CT molecular complexity index is 1130. The Kier molecular flexibility index (Phi) is 5.42. The molecule has 3 aromatic rings. The van der Waals surface area contributed by atoms with E-state index in [1.807, 2.05) is 18.2 Å². The summed E-state index contributed by atoms with van der Waals surface area (Å²) < 4.78 is 40.2. The van der Waals surface area contributed by atoms with E-state index >= 15 is 0 Å². The second kappa shape index (κ2) is 7.89. The lowest BCUT2D eigenvalue weighted by molar-refractivity contribution is -0.137. The summed E-state index contributed by atoms with van der Waals surface area (Å²) in [5.74, 6) is -0.430. The number of halogens is 4. The van der Waals surface area contributed by atoms with Gasteiger partial charge in [0.05, 0.1) is 16.4 Å². The van der Waals surface area contributed by atoms with Gasteiger partial charge in [0.25, 0.3) is 0 Å². The van der Waals surface area contributed by atoms with E-state index in [-0.39, 0.29) is 11.8 Å². The van der Waals surface area contributed by atoms with Crippen LogP contribution in [0.1, 0.15) is 27.5 Å². The summed E-state index contributed by atoms with van der Waals surface area (Å²) in [5, 5.41) is 0. The van der Waals surface area contributed by atoms with E-state index in [4.69, 9.17) is 11.6 Å². The Balaban J connectivity index is 1.84. The molecule has 0 saturated heterocycles. The molecule has 0 spiro atoms. The first-order chi connectivity index (χ1) is 14.3. The summed E-state index contributed by atoms with van der Waals surface area (Å²) in [6.45, 7) is 4.38. The SMILES string of the molecule is C=CC(=O)N1Cc2sc(Cl)cc2[C@@H](c2ccccc2-c2cncc(C(F)(F)F)c2)C1. The third-order valence-electron chi connectivity index (χ3n) is 5.12. The van der Waals surface area contributed by atoms with Gasteiger partial charge in [-0.2, -0.15) is 13.2 Å². The molecule has 30 heavy (non-hydrogen) atoms. The molecule has 0 fully saturated rings. The molecular weight excluding hydrogens is 433 g/mol.